The molecule has 0 atom stereocenters. The van der Waals surface area contributed by atoms with Crippen LogP contribution in [0.5, 0.6) is 11.5 Å². The molecule has 1 aromatic heterocycles. The van der Waals surface area contributed by atoms with Crippen molar-refractivity contribution in [1.82, 2.24) is 4.98 Å². The zero-order valence-electron chi connectivity index (χ0n) is 12.3. The van der Waals surface area contributed by atoms with Gasteiger partial charge in [0, 0.05) is 11.6 Å². The van der Waals surface area contributed by atoms with Crippen LogP contribution in [0.25, 0.3) is 11.1 Å². The van der Waals surface area contributed by atoms with Crippen LogP contribution in [-0.4, -0.2) is 11.8 Å². The molecule has 0 fully saturated rings. The van der Waals surface area contributed by atoms with Gasteiger partial charge in [0.25, 0.3) is 0 Å². The van der Waals surface area contributed by atoms with Gasteiger partial charge in [-0.2, -0.15) is 0 Å². The summed E-state index contributed by atoms with van der Waals surface area (Å²) in [4.78, 5) is 4.25. The minimum Gasteiger partial charge on any atom is -0.454 e. The SMILES string of the molecule is Cc1cc(-c2c(Nc3nccs3)ccc3c2OCO3)ccc1F. The van der Waals surface area contributed by atoms with Gasteiger partial charge >= 0.3 is 0 Å². The van der Waals surface area contributed by atoms with Gasteiger partial charge < -0.3 is 14.8 Å². The first-order chi connectivity index (χ1) is 11.2. The van der Waals surface area contributed by atoms with Gasteiger partial charge in [0.05, 0.1) is 11.3 Å². The Kier molecular flexibility index (Phi) is 3.38. The number of ether oxygens (including phenoxy) is 2. The third-order valence-corrected chi connectivity index (χ3v) is 4.35. The monoisotopic (exact) mass is 328 g/mol. The topological polar surface area (TPSA) is 43.4 Å². The summed E-state index contributed by atoms with van der Waals surface area (Å²) in [5, 5.41) is 5.97. The van der Waals surface area contributed by atoms with E-state index >= 15 is 0 Å². The zero-order chi connectivity index (χ0) is 15.8. The molecule has 0 radical (unpaired) electrons. The molecule has 3 aromatic rings. The van der Waals surface area contributed by atoms with Crippen LogP contribution in [-0.2, 0) is 0 Å². The smallest absolute Gasteiger partial charge is 0.231 e. The predicted octanol–water partition coefficient (Wildman–Crippen LogP) is 4.73. The largest absolute Gasteiger partial charge is 0.454 e. The quantitative estimate of drug-likeness (QED) is 0.755. The lowest BCUT2D eigenvalue weighted by Gasteiger charge is -2.14. The standard InChI is InChI=1S/C17H13FN2O2S/c1-10-8-11(2-3-12(10)18)15-13(20-17-19-6-7-23-17)4-5-14-16(15)22-9-21-14/h2-8H,9H2,1H3,(H,19,20). The van der Waals surface area contributed by atoms with Crippen molar-refractivity contribution < 1.29 is 13.9 Å². The van der Waals surface area contributed by atoms with Crippen LogP contribution in [0.15, 0.2) is 41.9 Å². The van der Waals surface area contributed by atoms with Crippen molar-refractivity contribution in [3.05, 3.63) is 53.3 Å². The minimum atomic E-state index is -0.229. The molecule has 2 heterocycles. The average molecular weight is 328 g/mol. The number of hydrogen-bond acceptors (Lipinski definition) is 5. The second-order valence-corrected chi connectivity index (χ2v) is 6.04. The van der Waals surface area contributed by atoms with Crippen molar-refractivity contribution in [2.24, 2.45) is 0 Å². The lowest BCUT2D eigenvalue weighted by Crippen LogP contribution is -1.96. The maximum Gasteiger partial charge on any atom is 0.231 e. The number of halogens is 1. The summed E-state index contributed by atoms with van der Waals surface area (Å²) < 4.78 is 24.7. The van der Waals surface area contributed by atoms with E-state index in [2.05, 4.69) is 10.3 Å². The van der Waals surface area contributed by atoms with Crippen LogP contribution in [0.1, 0.15) is 5.56 Å². The summed E-state index contributed by atoms with van der Waals surface area (Å²) in [7, 11) is 0. The molecule has 116 valence electrons. The number of aryl methyl sites for hydroxylation is 1. The van der Waals surface area contributed by atoms with Gasteiger partial charge in [0.2, 0.25) is 6.79 Å². The minimum absolute atomic E-state index is 0.184. The van der Waals surface area contributed by atoms with Crippen LogP contribution >= 0.6 is 11.3 Å². The summed E-state index contributed by atoms with van der Waals surface area (Å²) in [5.41, 5.74) is 3.14. The summed E-state index contributed by atoms with van der Waals surface area (Å²) in [6, 6.07) is 8.79. The number of nitrogens with zero attached hydrogens (tertiary/aromatic N) is 1. The van der Waals surface area contributed by atoms with Crippen LogP contribution in [0, 0.1) is 12.7 Å². The summed E-state index contributed by atoms with van der Waals surface area (Å²) >= 11 is 1.51. The molecule has 1 N–H and O–H groups in total. The van der Waals surface area contributed by atoms with E-state index in [0.717, 1.165) is 21.9 Å². The number of nitrogens with one attached hydrogen (secondary N) is 1. The highest BCUT2D eigenvalue weighted by molar-refractivity contribution is 7.13. The number of rotatable bonds is 3. The molecule has 4 nitrogen and oxygen atoms in total. The van der Waals surface area contributed by atoms with Crippen molar-refractivity contribution in [3.63, 3.8) is 0 Å². The van der Waals surface area contributed by atoms with Crippen LogP contribution in [0.4, 0.5) is 15.2 Å². The molecule has 4 rings (SSSR count). The molecule has 0 saturated heterocycles. The van der Waals surface area contributed by atoms with Crippen LogP contribution in [0.3, 0.4) is 0 Å². The Labute approximate surface area is 136 Å². The van der Waals surface area contributed by atoms with Gasteiger partial charge in [-0.1, -0.05) is 6.07 Å². The third kappa shape index (κ3) is 2.51. The molecular formula is C17H13FN2O2S. The molecule has 0 bridgehead atoms. The fourth-order valence-corrected chi connectivity index (χ4v) is 3.10. The van der Waals surface area contributed by atoms with Crippen molar-refractivity contribution >= 4 is 22.2 Å². The molecule has 1 aliphatic heterocycles. The lowest BCUT2D eigenvalue weighted by molar-refractivity contribution is 0.174. The third-order valence-electron chi connectivity index (χ3n) is 3.66. The number of benzene rings is 2. The highest BCUT2D eigenvalue weighted by atomic mass is 32.1. The number of hydrogen-bond donors (Lipinski definition) is 1. The van der Waals surface area contributed by atoms with Gasteiger partial charge in [-0.25, -0.2) is 9.37 Å². The molecule has 1 aliphatic rings. The predicted molar refractivity (Wildman–Crippen MR) is 88.1 cm³/mol. The first kappa shape index (κ1) is 14.0. The maximum atomic E-state index is 13.6. The Balaban J connectivity index is 1.88. The Morgan fingerprint density at radius 2 is 2.13 bits per heavy atom. The van der Waals surface area contributed by atoms with Gasteiger partial charge in [0.1, 0.15) is 5.82 Å². The number of anilines is 2. The number of aromatic nitrogens is 1. The van der Waals surface area contributed by atoms with Gasteiger partial charge in [-0.3, -0.25) is 0 Å². The zero-order valence-corrected chi connectivity index (χ0v) is 13.1. The average Bonchev–Trinajstić information content (AvgIpc) is 3.21. The molecule has 0 amide bonds. The molecule has 0 unspecified atom stereocenters. The Morgan fingerprint density at radius 1 is 1.22 bits per heavy atom. The van der Waals surface area contributed by atoms with Crippen molar-refractivity contribution in [1.29, 1.82) is 0 Å². The summed E-state index contributed by atoms with van der Waals surface area (Å²) in [6.07, 6.45) is 1.74. The maximum absolute atomic E-state index is 13.6. The van der Waals surface area contributed by atoms with E-state index in [9.17, 15) is 4.39 Å². The van der Waals surface area contributed by atoms with Crippen LogP contribution < -0.4 is 14.8 Å². The van der Waals surface area contributed by atoms with E-state index in [4.69, 9.17) is 9.47 Å². The van der Waals surface area contributed by atoms with Crippen molar-refractivity contribution in [3.8, 4) is 22.6 Å². The fraction of sp³-hybridized carbons (Fsp3) is 0.118. The molecule has 0 spiro atoms. The van der Waals surface area contributed by atoms with Crippen molar-refractivity contribution in [2.75, 3.05) is 12.1 Å². The Morgan fingerprint density at radius 3 is 2.91 bits per heavy atom. The van der Waals surface area contributed by atoms with Gasteiger partial charge in [-0.15, -0.1) is 11.3 Å². The highest BCUT2D eigenvalue weighted by Crippen LogP contribution is 2.46. The van der Waals surface area contributed by atoms with E-state index in [1.807, 2.05) is 17.5 Å². The second kappa shape index (κ2) is 5.55. The molecule has 6 heteroatoms. The first-order valence-electron chi connectivity index (χ1n) is 7.08. The fourth-order valence-electron chi connectivity index (χ4n) is 2.56. The first-order valence-corrected chi connectivity index (χ1v) is 7.96. The number of thiazole rings is 1. The second-order valence-electron chi connectivity index (χ2n) is 5.15. The molecule has 0 aliphatic carbocycles. The normalized spacial score (nSPS) is 12.4. The molecule has 23 heavy (non-hydrogen) atoms. The van der Waals surface area contributed by atoms with E-state index in [0.29, 0.717) is 17.1 Å². The Bertz CT molecular complexity index is 865. The van der Waals surface area contributed by atoms with E-state index in [1.54, 1.807) is 25.3 Å². The van der Waals surface area contributed by atoms with Gasteiger partial charge in [-0.05, 0) is 42.3 Å². The van der Waals surface area contributed by atoms with E-state index in [1.165, 1.54) is 17.4 Å². The van der Waals surface area contributed by atoms with Crippen LogP contribution in [0.2, 0.25) is 0 Å². The number of fused-ring (bicyclic) bond motifs is 1. The lowest BCUT2D eigenvalue weighted by atomic mass is 10.00. The summed E-state index contributed by atoms with van der Waals surface area (Å²) in [5.74, 6) is 1.12. The van der Waals surface area contributed by atoms with E-state index in [-0.39, 0.29) is 12.6 Å². The molecular weight excluding hydrogens is 315 g/mol. The van der Waals surface area contributed by atoms with Gasteiger partial charge in [0.15, 0.2) is 16.6 Å². The molecule has 2 aromatic carbocycles. The highest BCUT2D eigenvalue weighted by Gasteiger charge is 2.23. The summed E-state index contributed by atoms with van der Waals surface area (Å²) in [6.45, 7) is 1.93. The Hall–Kier alpha value is -2.60. The van der Waals surface area contributed by atoms with Crippen molar-refractivity contribution in [2.45, 2.75) is 6.92 Å². The van der Waals surface area contributed by atoms with E-state index < -0.39 is 0 Å². The molecule has 0 saturated carbocycles.